The summed E-state index contributed by atoms with van der Waals surface area (Å²) in [6, 6.07) is 20.2. The van der Waals surface area contributed by atoms with Gasteiger partial charge in [0.25, 0.3) is 0 Å². The van der Waals surface area contributed by atoms with Gasteiger partial charge in [-0.2, -0.15) is 0 Å². The van der Waals surface area contributed by atoms with Gasteiger partial charge < -0.3 is 5.11 Å². The first-order chi connectivity index (χ1) is 9.83. The fraction of sp³-hybridized carbons (Fsp3) is 0.167. The third-order valence-electron chi connectivity index (χ3n) is 3.56. The molecule has 1 heterocycles. The largest absolute Gasteiger partial charge is 0.388 e. The number of aromatic nitrogens is 1. The van der Waals surface area contributed by atoms with Crippen LogP contribution in [0.3, 0.4) is 0 Å². The Morgan fingerprint density at radius 1 is 0.900 bits per heavy atom. The van der Waals surface area contributed by atoms with Crippen LogP contribution < -0.4 is 0 Å². The maximum atomic E-state index is 10.3. The van der Waals surface area contributed by atoms with Crippen LogP contribution in [0.4, 0.5) is 0 Å². The highest BCUT2D eigenvalue weighted by Gasteiger charge is 2.08. The number of aryl methyl sites for hydroxylation is 1. The van der Waals surface area contributed by atoms with E-state index in [1.165, 1.54) is 10.8 Å². The van der Waals surface area contributed by atoms with Crippen LogP contribution in [0.15, 0.2) is 66.9 Å². The number of rotatable bonds is 4. The lowest BCUT2D eigenvalue weighted by molar-refractivity contribution is 0.167. The van der Waals surface area contributed by atoms with Gasteiger partial charge in [0.05, 0.1) is 6.10 Å². The molecule has 20 heavy (non-hydrogen) atoms. The predicted molar refractivity (Wildman–Crippen MR) is 81.5 cm³/mol. The van der Waals surface area contributed by atoms with E-state index in [1.807, 2.05) is 36.4 Å². The lowest BCUT2D eigenvalue weighted by Crippen LogP contribution is -2.00. The Hall–Kier alpha value is -2.19. The first kappa shape index (κ1) is 12.8. The zero-order valence-electron chi connectivity index (χ0n) is 11.2. The Kier molecular flexibility index (Phi) is 3.75. The van der Waals surface area contributed by atoms with Crippen LogP contribution in [0, 0.1) is 0 Å². The van der Waals surface area contributed by atoms with Gasteiger partial charge in [-0.1, -0.05) is 42.5 Å². The molecule has 2 aromatic carbocycles. The van der Waals surface area contributed by atoms with Crippen molar-refractivity contribution in [2.24, 2.45) is 0 Å². The zero-order chi connectivity index (χ0) is 13.8. The summed E-state index contributed by atoms with van der Waals surface area (Å²) in [5, 5.41) is 12.7. The van der Waals surface area contributed by atoms with Crippen molar-refractivity contribution in [1.29, 1.82) is 0 Å². The van der Waals surface area contributed by atoms with Crippen LogP contribution in [0.2, 0.25) is 0 Å². The second-order valence-corrected chi connectivity index (χ2v) is 4.98. The second kappa shape index (κ2) is 5.85. The van der Waals surface area contributed by atoms with E-state index in [2.05, 4.69) is 29.2 Å². The molecule has 0 aliphatic rings. The summed E-state index contributed by atoms with van der Waals surface area (Å²) in [7, 11) is 0. The molecule has 0 aliphatic heterocycles. The fourth-order valence-electron chi connectivity index (χ4n) is 2.41. The Labute approximate surface area is 118 Å². The average Bonchev–Trinajstić information content (AvgIpc) is 2.53. The number of hydrogen-bond donors (Lipinski definition) is 1. The number of nitrogens with zero attached hydrogens (tertiary/aromatic N) is 1. The smallest absolute Gasteiger partial charge is 0.0794 e. The van der Waals surface area contributed by atoms with Crippen molar-refractivity contribution >= 4 is 10.8 Å². The van der Waals surface area contributed by atoms with Crippen molar-refractivity contribution < 1.29 is 5.11 Å². The van der Waals surface area contributed by atoms with Crippen LogP contribution in [0.1, 0.15) is 23.8 Å². The molecule has 0 spiro atoms. The zero-order valence-corrected chi connectivity index (χ0v) is 11.2. The first-order valence-corrected chi connectivity index (χ1v) is 6.89. The molecule has 0 amide bonds. The normalized spacial score (nSPS) is 12.4. The Bertz CT molecular complexity index is 694. The number of hydrogen-bond acceptors (Lipinski definition) is 2. The van der Waals surface area contributed by atoms with Gasteiger partial charge in [0.15, 0.2) is 0 Å². The summed E-state index contributed by atoms with van der Waals surface area (Å²) < 4.78 is 0. The van der Waals surface area contributed by atoms with Crippen LogP contribution >= 0.6 is 0 Å². The minimum atomic E-state index is -0.443. The number of aliphatic hydroxyl groups is 1. The monoisotopic (exact) mass is 263 g/mol. The summed E-state index contributed by atoms with van der Waals surface area (Å²) in [5.41, 5.74) is 1.99. The van der Waals surface area contributed by atoms with Gasteiger partial charge in [0.1, 0.15) is 0 Å². The van der Waals surface area contributed by atoms with Crippen LogP contribution in [-0.2, 0) is 6.42 Å². The van der Waals surface area contributed by atoms with Gasteiger partial charge in [-0.3, -0.25) is 4.98 Å². The molecule has 1 N–H and O–H groups in total. The van der Waals surface area contributed by atoms with E-state index in [9.17, 15) is 5.11 Å². The van der Waals surface area contributed by atoms with Crippen molar-refractivity contribution in [2.45, 2.75) is 18.9 Å². The molecule has 0 aliphatic carbocycles. The lowest BCUT2D eigenvalue weighted by Gasteiger charge is -2.11. The third kappa shape index (κ3) is 2.86. The van der Waals surface area contributed by atoms with Gasteiger partial charge in [0, 0.05) is 11.9 Å². The molecule has 2 nitrogen and oxygen atoms in total. The molecule has 0 saturated heterocycles. The molecule has 1 atom stereocenters. The van der Waals surface area contributed by atoms with E-state index in [1.54, 1.807) is 6.20 Å². The van der Waals surface area contributed by atoms with Gasteiger partial charge >= 0.3 is 0 Å². The van der Waals surface area contributed by atoms with Crippen molar-refractivity contribution in [2.75, 3.05) is 0 Å². The molecular weight excluding hydrogens is 246 g/mol. The van der Waals surface area contributed by atoms with Crippen molar-refractivity contribution in [3.8, 4) is 0 Å². The molecular formula is C18H17NO. The highest BCUT2D eigenvalue weighted by atomic mass is 16.3. The van der Waals surface area contributed by atoms with E-state index >= 15 is 0 Å². The summed E-state index contributed by atoms with van der Waals surface area (Å²) in [4.78, 5) is 4.28. The van der Waals surface area contributed by atoms with Gasteiger partial charge in [-0.05, 0) is 47.4 Å². The summed E-state index contributed by atoms with van der Waals surface area (Å²) in [5.74, 6) is 0. The summed E-state index contributed by atoms with van der Waals surface area (Å²) in [6.45, 7) is 0. The highest BCUT2D eigenvalue weighted by molar-refractivity contribution is 5.83. The van der Waals surface area contributed by atoms with Crippen molar-refractivity contribution in [3.05, 3.63) is 78.1 Å². The van der Waals surface area contributed by atoms with Crippen molar-refractivity contribution in [1.82, 2.24) is 4.98 Å². The Morgan fingerprint density at radius 2 is 1.70 bits per heavy atom. The van der Waals surface area contributed by atoms with Gasteiger partial charge in [-0.15, -0.1) is 0 Å². The van der Waals surface area contributed by atoms with E-state index in [4.69, 9.17) is 0 Å². The average molecular weight is 263 g/mol. The minimum absolute atomic E-state index is 0.443. The number of pyridine rings is 1. The van der Waals surface area contributed by atoms with E-state index in [-0.39, 0.29) is 0 Å². The van der Waals surface area contributed by atoms with Crippen LogP contribution in [0.5, 0.6) is 0 Å². The molecule has 0 saturated carbocycles. The molecule has 3 aromatic rings. The van der Waals surface area contributed by atoms with Gasteiger partial charge in [0.2, 0.25) is 0 Å². The Balaban J connectivity index is 1.73. The van der Waals surface area contributed by atoms with Crippen LogP contribution in [-0.4, -0.2) is 10.1 Å². The SMILES string of the molecule is OC(CCc1ccccn1)c1ccc2ccccc2c1. The number of benzene rings is 2. The minimum Gasteiger partial charge on any atom is -0.388 e. The van der Waals surface area contributed by atoms with E-state index in [0.29, 0.717) is 6.42 Å². The lowest BCUT2D eigenvalue weighted by atomic mass is 10.00. The molecule has 1 unspecified atom stereocenters. The Morgan fingerprint density at radius 3 is 2.50 bits per heavy atom. The molecule has 100 valence electrons. The van der Waals surface area contributed by atoms with Crippen molar-refractivity contribution in [3.63, 3.8) is 0 Å². The fourth-order valence-corrected chi connectivity index (χ4v) is 2.41. The maximum absolute atomic E-state index is 10.3. The standard InChI is InChI=1S/C18H17NO/c20-18(11-10-17-7-3-4-12-19-17)16-9-8-14-5-1-2-6-15(14)13-16/h1-9,12-13,18,20H,10-11H2. The second-order valence-electron chi connectivity index (χ2n) is 4.98. The van der Waals surface area contributed by atoms with E-state index in [0.717, 1.165) is 17.7 Å². The molecule has 2 heteroatoms. The molecule has 0 fully saturated rings. The predicted octanol–water partition coefficient (Wildman–Crippen LogP) is 3.90. The summed E-state index contributed by atoms with van der Waals surface area (Å²) >= 11 is 0. The first-order valence-electron chi connectivity index (χ1n) is 6.89. The molecule has 0 bridgehead atoms. The molecule has 3 rings (SSSR count). The molecule has 1 aromatic heterocycles. The third-order valence-corrected chi connectivity index (χ3v) is 3.56. The molecule has 0 radical (unpaired) electrons. The quantitative estimate of drug-likeness (QED) is 0.774. The van der Waals surface area contributed by atoms with Crippen LogP contribution in [0.25, 0.3) is 10.8 Å². The topological polar surface area (TPSA) is 33.1 Å². The van der Waals surface area contributed by atoms with E-state index < -0.39 is 6.10 Å². The summed E-state index contributed by atoms with van der Waals surface area (Å²) in [6.07, 6.45) is 2.82. The maximum Gasteiger partial charge on any atom is 0.0794 e. The number of aliphatic hydroxyl groups excluding tert-OH is 1. The highest BCUT2D eigenvalue weighted by Crippen LogP contribution is 2.23. The number of fused-ring (bicyclic) bond motifs is 1. The van der Waals surface area contributed by atoms with Gasteiger partial charge in [-0.25, -0.2) is 0 Å².